The van der Waals surface area contributed by atoms with Gasteiger partial charge in [-0.2, -0.15) is 0 Å². The van der Waals surface area contributed by atoms with E-state index in [0.717, 1.165) is 42.8 Å². The number of H-pyrrole nitrogens is 1. The molecule has 1 saturated heterocycles. The number of allylic oxidation sites excluding steroid dienone is 7. The van der Waals surface area contributed by atoms with Crippen molar-refractivity contribution in [2.24, 2.45) is 0 Å². The number of para-hydroxylation sites is 1. The van der Waals surface area contributed by atoms with Crippen LogP contribution in [0, 0.1) is 0 Å². The number of rotatable bonds is 6. The number of anilines is 1. The highest BCUT2D eigenvalue weighted by Gasteiger charge is 2.17. The normalized spacial score (nSPS) is 17.5. The van der Waals surface area contributed by atoms with Gasteiger partial charge in [0.25, 0.3) is 0 Å². The van der Waals surface area contributed by atoms with Crippen LogP contribution in [-0.4, -0.2) is 18.1 Å². The molecule has 4 rings (SSSR count). The summed E-state index contributed by atoms with van der Waals surface area (Å²) in [5.74, 6) is 0. The van der Waals surface area contributed by atoms with Gasteiger partial charge in [0, 0.05) is 30.2 Å². The molecule has 1 N–H and O–H groups in total. The smallest absolute Gasteiger partial charge is 0.0462 e. The molecule has 1 aromatic heterocycles. The molecule has 1 aromatic carbocycles. The van der Waals surface area contributed by atoms with Gasteiger partial charge in [0.15, 0.2) is 0 Å². The molecule has 0 atom stereocenters. The highest BCUT2D eigenvalue weighted by atomic mass is 15.1. The van der Waals surface area contributed by atoms with Crippen LogP contribution < -0.4 is 4.90 Å². The molecule has 0 bridgehead atoms. The fourth-order valence-corrected chi connectivity index (χ4v) is 4.67. The third-order valence-electron chi connectivity index (χ3n) is 6.29. The summed E-state index contributed by atoms with van der Waals surface area (Å²) in [6.07, 6.45) is 18.0. The van der Waals surface area contributed by atoms with Crippen molar-refractivity contribution in [2.75, 3.05) is 18.0 Å². The van der Waals surface area contributed by atoms with E-state index in [1.807, 2.05) is 0 Å². The van der Waals surface area contributed by atoms with Gasteiger partial charge in [0.05, 0.1) is 0 Å². The quantitative estimate of drug-likeness (QED) is 0.486. The SMILES string of the molecule is C=C(/C=C\c1ccccc1N1CCCCC1)/C=C(\C=C/C)c1cc2c([nH]1)CCCC2=C. The minimum absolute atomic E-state index is 0.993. The molecule has 0 radical (unpaired) electrons. The second-order valence-electron chi connectivity index (χ2n) is 8.65. The Bertz CT molecular complexity index is 1040. The Labute approximate surface area is 187 Å². The summed E-state index contributed by atoms with van der Waals surface area (Å²) >= 11 is 0. The van der Waals surface area contributed by atoms with Crippen LogP contribution >= 0.6 is 0 Å². The average molecular weight is 411 g/mol. The van der Waals surface area contributed by atoms with Crippen LogP contribution in [0.1, 0.15) is 61.5 Å². The molecule has 0 saturated carbocycles. The summed E-state index contributed by atoms with van der Waals surface area (Å²) in [6, 6.07) is 11.0. The van der Waals surface area contributed by atoms with Gasteiger partial charge < -0.3 is 9.88 Å². The molecule has 2 aliphatic rings. The molecular weight excluding hydrogens is 376 g/mol. The van der Waals surface area contributed by atoms with Crippen LogP contribution in [0.3, 0.4) is 0 Å². The minimum atomic E-state index is 0.993. The summed E-state index contributed by atoms with van der Waals surface area (Å²) in [4.78, 5) is 6.15. The molecule has 0 unspecified atom stereocenters. The lowest BCUT2D eigenvalue weighted by Crippen LogP contribution is -2.29. The van der Waals surface area contributed by atoms with E-state index in [2.05, 4.69) is 90.7 Å². The number of aromatic amines is 1. The van der Waals surface area contributed by atoms with E-state index in [-0.39, 0.29) is 0 Å². The van der Waals surface area contributed by atoms with Crippen molar-refractivity contribution in [3.8, 4) is 0 Å². The third-order valence-corrected chi connectivity index (χ3v) is 6.29. The molecule has 1 aliphatic carbocycles. The van der Waals surface area contributed by atoms with Gasteiger partial charge >= 0.3 is 0 Å². The predicted molar refractivity (Wildman–Crippen MR) is 136 cm³/mol. The lowest BCUT2D eigenvalue weighted by molar-refractivity contribution is 0.577. The maximum atomic E-state index is 4.31. The Hall–Kier alpha value is -3.00. The first kappa shape index (κ1) is 21.2. The molecular formula is C29H34N2. The molecule has 1 aliphatic heterocycles. The number of nitrogens with one attached hydrogen (secondary N) is 1. The van der Waals surface area contributed by atoms with Crippen LogP contribution in [-0.2, 0) is 6.42 Å². The van der Waals surface area contributed by atoms with Crippen molar-refractivity contribution in [1.29, 1.82) is 0 Å². The zero-order valence-corrected chi connectivity index (χ0v) is 18.8. The minimum Gasteiger partial charge on any atom is -0.371 e. The zero-order valence-electron chi connectivity index (χ0n) is 18.8. The van der Waals surface area contributed by atoms with E-state index < -0.39 is 0 Å². The molecule has 2 aromatic rings. The number of fused-ring (bicyclic) bond motifs is 1. The summed E-state index contributed by atoms with van der Waals surface area (Å²) in [5, 5.41) is 0. The van der Waals surface area contributed by atoms with Gasteiger partial charge in [-0.1, -0.05) is 55.7 Å². The lowest BCUT2D eigenvalue weighted by atomic mass is 9.93. The summed E-state index contributed by atoms with van der Waals surface area (Å²) in [5.41, 5.74) is 9.76. The van der Waals surface area contributed by atoms with E-state index in [0.29, 0.717) is 0 Å². The molecule has 2 heteroatoms. The number of piperidine rings is 1. The molecule has 2 nitrogen and oxygen atoms in total. The topological polar surface area (TPSA) is 19.0 Å². The Morgan fingerprint density at radius 3 is 2.61 bits per heavy atom. The van der Waals surface area contributed by atoms with Crippen LogP contribution in [0.5, 0.6) is 0 Å². The van der Waals surface area contributed by atoms with Gasteiger partial charge in [-0.05, 0) is 91.5 Å². The lowest BCUT2D eigenvalue weighted by Gasteiger charge is -2.30. The van der Waals surface area contributed by atoms with Crippen molar-refractivity contribution < 1.29 is 0 Å². The first-order valence-electron chi connectivity index (χ1n) is 11.6. The second-order valence-corrected chi connectivity index (χ2v) is 8.65. The highest BCUT2D eigenvalue weighted by Crippen LogP contribution is 2.32. The van der Waals surface area contributed by atoms with E-state index in [4.69, 9.17) is 0 Å². The average Bonchev–Trinajstić information content (AvgIpc) is 3.24. The van der Waals surface area contributed by atoms with Gasteiger partial charge in [-0.15, -0.1) is 0 Å². The zero-order chi connectivity index (χ0) is 21.6. The van der Waals surface area contributed by atoms with Crippen molar-refractivity contribution in [3.05, 3.63) is 95.9 Å². The number of aryl methyl sites for hydroxylation is 1. The number of hydrogen-bond acceptors (Lipinski definition) is 1. The van der Waals surface area contributed by atoms with Crippen molar-refractivity contribution in [3.63, 3.8) is 0 Å². The van der Waals surface area contributed by atoms with Gasteiger partial charge in [0.2, 0.25) is 0 Å². The first-order valence-corrected chi connectivity index (χ1v) is 11.6. The summed E-state index contributed by atoms with van der Waals surface area (Å²) < 4.78 is 0. The third kappa shape index (κ3) is 5.02. The number of hydrogen-bond donors (Lipinski definition) is 1. The summed E-state index contributed by atoms with van der Waals surface area (Å²) in [6.45, 7) is 12.9. The number of nitrogens with zero attached hydrogens (tertiary/aromatic N) is 1. The monoisotopic (exact) mass is 410 g/mol. The standard InChI is InChI=1S/C29H34N2/c1-4-11-25(28-21-26-23(3)12-10-14-27(26)30-28)20-22(2)16-17-24-13-6-7-15-29(24)31-18-8-5-9-19-31/h4,6-7,11,13,15-17,20-21,30H,2-3,5,8-10,12,14,18-19H2,1H3/b11-4-,17-16-,25-20+. The van der Waals surface area contributed by atoms with Crippen molar-refractivity contribution in [2.45, 2.75) is 45.4 Å². The van der Waals surface area contributed by atoms with Crippen molar-refractivity contribution >= 4 is 22.9 Å². The maximum absolute atomic E-state index is 4.31. The van der Waals surface area contributed by atoms with E-state index >= 15 is 0 Å². The Kier molecular flexibility index (Phi) is 6.76. The fraction of sp³-hybridized carbons (Fsp3) is 0.310. The highest BCUT2D eigenvalue weighted by molar-refractivity contribution is 5.79. The Morgan fingerprint density at radius 2 is 1.84 bits per heavy atom. The largest absolute Gasteiger partial charge is 0.371 e. The fourth-order valence-electron chi connectivity index (χ4n) is 4.67. The number of aromatic nitrogens is 1. The second kappa shape index (κ2) is 9.87. The molecule has 31 heavy (non-hydrogen) atoms. The summed E-state index contributed by atoms with van der Waals surface area (Å²) in [7, 11) is 0. The van der Waals surface area contributed by atoms with Crippen LogP contribution in [0.25, 0.3) is 17.2 Å². The van der Waals surface area contributed by atoms with E-state index in [1.165, 1.54) is 53.8 Å². The van der Waals surface area contributed by atoms with Crippen LogP contribution in [0.2, 0.25) is 0 Å². The van der Waals surface area contributed by atoms with Gasteiger partial charge in [-0.3, -0.25) is 0 Å². The van der Waals surface area contributed by atoms with E-state index in [1.54, 1.807) is 0 Å². The number of benzene rings is 1. The van der Waals surface area contributed by atoms with Crippen LogP contribution in [0.15, 0.2) is 73.4 Å². The maximum Gasteiger partial charge on any atom is 0.0462 e. The Balaban J connectivity index is 1.56. The van der Waals surface area contributed by atoms with E-state index in [9.17, 15) is 0 Å². The molecule has 2 heterocycles. The molecule has 160 valence electrons. The molecule has 0 amide bonds. The molecule has 0 spiro atoms. The Morgan fingerprint density at radius 1 is 1.03 bits per heavy atom. The van der Waals surface area contributed by atoms with Gasteiger partial charge in [-0.25, -0.2) is 0 Å². The first-order chi connectivity index (χ1) is 15.2. The molecule has 1 fully saturated rings. The predicted octanol–water partition coefficient (Wildman–Crippen LogP) is 7.58. The van der Waals surface area contributed by atoms with Crippen molar-refractivity contribution in [1.82, 2.24) is 4.98 Å². The van der Waals surface area contributed by atoms with Crippen LogP contribution in [0.4, 0.5) is 5.69 Å². The van der Waals surface area contributed by atoms with Gasteiger partial charge in [0.1, 0.15) is 0 Å².